The number of hydrogen-bond donors (Lipinski definition) is 1. The van der Waals surface area contributed by atoms with Crippen molar-refractivity contribution in [2.75, 3.05) is 18.6 Å². The summed E-state index contributed by atoms with van der Waals surface area (Å²) in [7, 11) is 1.37. The Bertz CT molecular complexity index is 1270. The van der Waals surface area contributed by atoms with Gasteiger partial charge in [0.1, 0.15) is 29.1 Å². The molecular weight excluding hydrogens is 481 g/mol. The molecule has 2 aromatic carbocycles. The number of rotatable bonds is 7. The minimum atomic E-state index is -1.04. The minimum Gasteiger partial charge on any atom is -0.507 e. The average Bonchev–Trinajstić information content (AvgIpc) is 3.44. The summed E-state index contributed by atoms with van der Waals surface area (Å²) >= 11 is 12.4. The standard InChI is InChI=1S/C25H21Cl2NO6/c1-3-9-33-16-7-4-6-15(13-16)28-21(19-8-5-10-34-19)20(23(30)25(28)31)22(29)17-11-14(26)12-18(27)24(17)32-2/h4-8,10-13,21,29H,3,9H2,1-2H3/b22-20-. The summed E-state index contributed by atoms with van der Waals surface area (Å²) in [5.74, 6) is -1.26. The molecule has 7 nitrogen and oxygen atoms in total. The molecule has 0 spiro atoms. The molecule has 1 aromatic heterocycles. The minimum absolute atomic E-state index is 0.0783. The molecule has 1 saturated heterocycles. The van der Waals surface area contributed by atoms with Crippen LogP contribution in [0.1, 0.15) is 30.7 Å². The van der Waals surface area contributed by atoms with Gasteiger partial charge in [0.2, 0.25) is 0 Å². The fourth-order valence-electron chi connectivity index (χ4n) is 3.85. The lowest BCUT2D eigenvalue weighted by atomic mass is 9.98. The number of anilines is 1. The Morgan fingerprint density at radius 3 is 2.62 bits per heavy atom. The number of nitrogens with zero attached hydrogens (tertiary/aromatic N) is 1. The van der Waals surface area contributed by atoms with Crippen LogP contribution in [0, 0.1) is 0 Å². The fraction of sp³-hybridized carbons (Fsp3) is 0.200. The van der Waals surface area contributed by atoms with Gasteiger partial charge in [-0.15, -0.1) is 0 Å². The van der Waals surface area contributed by atoms with Crippen LogP contribution in [0.2, 0.25) is 10.0 Å². The van der Waals surface area contributed by atoms with Crippen LogP contribution in [0.25, 0.3) is 5.76 Å². The zero-order valence-corrected chi connectivity index (χ0v) is 19.9. The molecule has 0 bridgehead atoms. The quantitative estimate of drug-likeness (QED) is 0.242. The number of amides is 1. The van der Waals surface area contributed by atoms with E-state index in [0.29, 0.717) is 18.0 Å². The maximum atomic E-state index is 13.2. The monoisotopic (exact) mass is 501 g/mol. The van der Waals surface area contributed by atoms with E-state index >= 15 is 0 Å². The highest BCUT2D eigenvalue weighted by atomic mass is 35.5. The number of carbonyl (C=O) groups excluding carboxylic acids is 2. The predicted octanol–water partition coefficient (Wildman–Crippen LogP) is 6.01. The Balaban J connectivity index is 1.92. The zero-order valence-electron chi connectivity index (χ0n) is 18.4. The Morgan fingerprint density at radius 2 is 1.94 bits per heavy atom. The van der Waals surface area contributed by atoms with Crippen molar-refractivity contribution in [3.8, 4) is 11.5 Å². The van der Waals surface area contributed by atoms with E-state index in [1.165, 1.54) is 30.4 Å². The number of ketones is 1. The summed E-state index contributed by atoms with van der Waals surface area (Å²) in [4.78, 5) is 27.8. The summed E-state index contributed by atoms with van der Waals surface area (Å²) in [5.41, 5.74) is 0.304. The highest BCUT2D eigenvalue weighted by Gasteiger charge is 2.48. The van der Waals surface area contributed by atoms with Crippen LogP contribution in [-0.4, -0.2) is 30.5 Å². The Morgan fingerprint density at radius 1 is 1.15 bits per heavy atom. The van der Waals surface area contributed by atoms with Gasteiger partial charge >= 0.3 is 0 Å². The van der Waals surface area contributed by atoms with E-state index in [1.807, 2.05) is 6.92 Å². The van der Waals surface area contributed by atoms with E-state index in [-0.39, 0.29) is 32.7 Å². The first-order valence-electron chi connectivity index (χ1n) is 10.5. The number of hydrogen-bond acceptors (Lipinski definition) is 6. The molecule has 1 atom stereocenters. The maximum Gasteiger partial charge on any atom is 0.300 e. The highest BCUT2D eigenvalue weighted by Crippen LogP contribution is 2.45. The Hall–Kier alpha value is -3.42. The summed E-state index contributed by atoms with van der Waals surface area (Å²) < 4.78 is 16.6. The van der Waals surface area contributed by atoms with Gasteiger partial charge in [-0.3, -0.25) is 14.5 Å². The third-order valence-corrected chi connectivity index (χ3v) is 5.79. The van der Waals surface area contributed by atoms with Gasteiger partial charge in [0.15, 0.2) is 0 Å². The molecule has 3 aromatic rings. The second-order valence-electron chi connectivity index (χ2n) is 7.50. The summed E-state index contributed by atoms with van der Waals surface area (Å²) in [6.07, 6.45) is 2.23. The van der Waals surface area contributed by atoms with Crippen molar-refractivity contribution in [2.24, 2.45) is 0 Å². The summed E-state index contributed by atoms with van der Waals surface area (Å²) in [6.45, 7) is 2.48. The smallest absolute Gasteiger partial charge is 0.300 e. The van der Waals surface area contributed by atoms with E-state index in [9.17, 15) is 14.7 Å². The third kappa shape index (κ3) is 4.24. The molecule has 0 saturated carbocycles. The van der Waals surface area contributed by atoms with Crippen LogP contribution >= 0.6 is 23.2 Å². The van der Waals surface area contributed by atoms with Crippen LogP contribution in [0.5, 0.6) is 11.5 Å². The first-order chi connectivity index (χ1) is 16.4. The van der Waals surface area contributed by atoms with E-state index in [1.54, 1.807) is 36.4 Å². The predicted molar refractivity (Wildman–Crippen MR) is 129 cm³/mol. The second kappa shape index (κ2) is 9.83. The number of benzene rings is 2. The number of ether oxygens (including phenoxy) is 2. The molecule has 2 heterocycles. The molecular formula is C25H21Cl2NO6. The molecule has 34 heavy (non-hydrogen) atoms. The number of halogens is 2. The Kier molecular flexibility index (Phi) is 6.86. The van der Waals surface area contributed by atoms with Gasteiger partial charge in [-0.05, 0) is 42.8 Å². The van der Waals surface area contributed by atoms with Crippen molar-refractivity contribution in [2.45, 2.75) is 19.4 Å². The molecule has 1 fully saturated rings. The topological polar surface area (TPSA) is 89.2 Å². The highest BCUT2D eigenvalue weighted by molar-refractivity contribution is 6.51. The van der Waals surface area contributed by atoms with Gasteiger partial charge in [0.25, 0.3) is 11.7 Å². The number of carbonyl (C=O) groups is 2. The number of methoxy groups -OCH3 is 1. The van der Waals surface area contributed by atoms with Crippen molar-refractivity contribution in [1.29, 1.82) is 0 Å². The van der Waals surface area contributed by atoms with Gasteiger partial charge in [0, 0.05) is 16.8 Å². The van der Waals surface area contributed by atoms with Crippen molar-refractivity contribution in [1.82, 2.24) is 0 Å². The molecule has 176 valence electrons. The normalized spacial score (nSPS) is 17.3. The Labute approximate surface area is 206 Å². The van der Waals surface area contributed by atoms with E-state index in [0.717, 1.165) is 6.42 Å². The van der Waals surface area contributed by atoms with Crippen molar-refractivity contribution in [3.05, 3.63) is 81.7 Å². The SMILES string of the molecule is CCCOc1cccc(N2C(=O)C(=O)/C(=C(\O)c3cc(Cl)cc(Cl)c3OC)C2c2ccco2)c1. The van der Waals surface area contributed by atoms with Crippen LogP contribution in [0.4, 0.5) is 5.69 Å². The molecule has 1 N–H and O–H groups in total. The lowest BCUT2D eigenvalue weighted by Gasteiger charge is -2.24. The lowest BCUT2D eigenvalue weighted by Crippen LogP contribution is -2.29. The maximum absolute atomic E-state index is 13.2. The van der Waals surface area contributed by atoms with Gasteiger partial charge in [-0.25, -0.2) is 0 Å². The number of aliphatic hydroxyl groups excluding tert-OH is 1. The summed E-state index contributed by atoms with van der Waals surface area (Å²) in [5, 5.41) is 11.6. The first kappa shape index (κ1) is 23.7. The molecule has 1 aliphatic heterocycles. The summed E-state index contributed by atoms with van der Waals surface area (Å²) in [6, 6.07) is 11.9. The molecule has 0 radical (unpaired) electrons. The largest absolute Gasteiger partial charge is 0.507 e. The van der Waals surface area contributed by atoms with E-state index in [4.69, 9.17) is 37.1 Å². The second-order valence-corrected chi connectivity index (χ2v) is 8.34. The van der Waals surface area contributed by atoms with Crippen LogP contribution in [-0.2, 0) is 9.59 Å². The number of furan rings is 1. The van der Waals surface area contributed by atoms with Gasteiger partial charge in [0.05, 0.1) is 36.1 Å². The zero-order chi connectivity index (χ0) is 24.4. The van der Waals surface area contributed by atoms with Crippen LogP contribution in [0.3, 0.4) is 0 Å². The molecule has 0 aliphatic carbocycles. The third-order valence-electron chi connectivity index (χ3n) is 5.29. The van der Waals surface area contributed by atoms with Crippen molar-refractivity contribution >= 4 is 46.3 Å². The van der Waals surface area contributed by atoms with Gasteiger partial charge in [-0.2, -0.15) is 0 Å². The van der Waals surface area contributed by atoms with Crippen LogP contribution in [0.15, 0.2) is 64.8 Å². The van der Waals surface area contributed by atoms with Gasteiger partial charge in [-0.1, -0.05) is 36.2 Å². The molecule has 4 rings (SSSR count). The lowest BCUT2D eigenvalue weighted by molar-refractivity contribution is -0.132. The van der Waals surface area contributed by atoms with Crippen LogP contribution < -0.4 is 14.4 Å². The molecule has 1 unspecified atom stereocenters. The molecule has 1 amide bonds. The fourth-order valence-corrected chi connectivity index (χ4v) is 4.42. The van der Waals surface area contributed by atoms with Crippen molar-refractivity contribution < 1.29 is 28.6 Å². The average molecular weight is 502 g/mol. The van der Waals surface area contributed by atoms with Crippen molar-refractivity contribution in [3.63, 3.8) is 0 Å². The van der Waals surface area contributed by atoms with Gasteiger partial charge < -0.3 is 19.0 Å². The number of aliphatic hydroxyl groups is 1. The first-order valence-corrected chi connectivity index (χ1v) is 11.2. The molecule has 9 heteroatoms. The van der Waals surface area contributed by atoms with E-state index < -0.39 is 23.5 Å². The van der Waals surface area contributed by atoms with E-state index in [2.05, 4.69) is 0 Å². The number of Topliss-reactive ketones (excluding diaryl/α,β-unsaturated/α-hetero) is 1. The molecule has 1 aliphatic rings.